The van der Waals surface area contributed by atoms with Gasteiger partial charge in [0, 0.05) is 23.8 Å². The zero-order valence-electron chi connectivity index (χ0n) is 16.5. The number of nitrogens with zero attached hydrogens (tertiary/aromatic N) is 2. The molecule has 6 nitrogen and oxygen atoms in total. The molecule has 1 aromatic heterocycles. The Morgan fingerprint density at radius 1 is 1.20 bits per heavy atom. The number of ether oxygens (including phenoxy) is 1. The molecule has 2 aromatic carbocycles. The Morgan fingerprint density at radius 2 is 1.93 bits per heavy atom. The highest BCUT2D eigenvalue weighted by Gasteiger charge is 2.24. The number of nitrogens with one attached hydrogen (secondary N) is 1. The van der Waals surface area contributed by atoms with E-state index in [0.29, 0.717) is 11.6 Å². The summed E-state index contributed by atoms with van der Waals surface area (Å²) in [7, 11) is 0. The van der Waals surface area contributed by atoms with Crippen LogP contribution in [0.3, 0.4) is 0 Å². The molecule has 30 heavy (non-hydrogen) atoms. The summed E-state index contributed by atoms with van der Waals surface area (Å²) >= 11 is 6.02. The van der Waals surface area contributed by atoms with Crippen LogP contribution in [0.2, 0.25) is 5.02 Å². The average Bonchev–Trinajstić information content (AvgIpc) is 2.75. The lowest BCUT2D eigenvalue weighted by Crippen LogP contribution is -2.33. The first-order valence-corrected chi connectivity index (χ1v) is 10.1. The lowest BCUT2D eigenvalue weighted by atomic mass is 10.1. The van der Waals surface area contributed by atoms with Gasteiger partial charge in [0.15, 0.2) is 5.82 Å². The van der Waals surface area contributed by atoms with Gasteiger partial charge in [0.05, 0.1) is 18.2 Å². The van der Waals surface area contributed by atoms with Gasteiger partial charge in [-0.25, -0.2) is 9.78 Å². The third kappa shape index (κ3) is 4.33. The van der Waals surface area contributed by atoms with Crippen molar-refractivity contribution in [3.05, 3.63) is 82.5 Å². The fraction of sp³-hybridized carbons (Fsp3) is 0.217. The minimum absolute atomic E-state index is 0.0637. The number of aromatic nitrogens is 1. The molecule has 1 aliphatic rings. The Morgan fingerprint density at radius 3 is 2.63 bits per heavy atom. The third-order valence-corrected chi connectivity index (χ3v) is 5.37. The number of halogens is 1. The molecular formula is C23H22ClN3O3. The van der Waals surface area contributed by atoms with E-state index in [-0.39, 0.29) is 11.6 Å². The number of fused-ring (bicyclic) bond motifs is 1. The van der Waals surface area contributed by atoms with Crippen LogP contribution in [0.25, 0.3) is 0 Å². The molecule has 154 valence electrons. The highest BCUT2D eigenvalue weighted by atomic mass is 35.5. The van der Waals surface area contributed by atoms with E-state index in [0.717, 1.165) is 41.5 Å². The van der Waals surface area contributed by atoms with Crippen molar-refractivity contribution in [1.29, 1.82) is 0 Å². The molecule has 7 heteroatoms. The van der Waals surface area contributed by atoms with Gasteiger partial charge in [0.1, 0.15) is 18.0 Å². The second-order valence-electron chi connectivity index (χ2n) is 7.20. The van der Waals surface area contributed by atoms with Gasteiger partial charge in [-0.1, -0.05) is 35.9 Å². The van der Waals surface area contributed by atoms with Crippen LogP contribution in [-0.2, 0) is 6.54 Å². The highest BCUT2D eigenvalue weighted by molar-refractivity contribution is 6.30. The van der Waals surface area contributed by atoms with Crippen molar-refractivity contribution < 1.29 is 14.6 Å². The van der Waals surface area contributed by atoms with Crippen molar-refractivity contribution in [2.45, 2.75) is 19.5 Å². The summed E-state index contributed by atoms with van der Waals surface area (Å²) in [5.41, 5.74) is 3.32. The third-order valence-electron chi connectivity index (χ3n) is 5.12. The molecule has 3 aromatic rings. The van der Waals surface area contributed by atoms with Crippen LogP contribution in [0.5, 0.6) is 5.75 Å². The molecule has 0 saturated carbocycles. The summed E-state index contributed by atoms with van der Waals surface area (Å²) in [4.78, 5) is 17.9. The van der Waals surface area contributed by atoms with Crippen molar-refractivity contribution in [2.24, 2.45) is 0 Å². The number of hydrogen-bond donors (Lipinski definition) is 2. The van der Waals surface area contributed by atoms with E-state index in [4.69, 9.17) is 21.4 Å². The zero-order valence-corrected chi connectivity index (χ0v) is 17.3. The van der Waals surface area contributed by atoms with Gasteiger partial charge in [-0.15, -0.1) is 0 Å². The number of benzene rings is 2. The molecule has 2 heterocycles. The lowest BCUT2D eigenvalue weighted by Gasteiger charge is -2.33. The molecule has 0 bridgehead atoms. The van der Waals surface area contributed by atoms with Gasteiger partial charge >= 0.3 is 5.97 Å². The number of pyridine rings is 1. The normalized spacial score (nSPS) is 13.9. The second kappa shape index (κ2) is 8.63. The number of carboxylic acid groups (broad SMARTS) is 1. The van der Waals surface area contributed by atoms with Crippen molar-refractivity contribution in [3.8, 4) is 5.75 Å². The van der Waals surface area contributed by atoms with E-state index in [1.165, 1.54) is 0 Å². The van der Waals surface area contributed by atoms with Crippen molar-refractivity contribution in [1.82, 2.24) is 4.98 Å². The molecule has 0 radical (unpaired) electrons. The highest BCUT2D eigenvalue weighted by Crippen LogP contribution is 2.39. The molecule has 0 amide bonds. The molecule has 0 fully saturated rings. The topological polar surface area (TPSA) is 74.7 Å². The Labute approximate surface area is 180 Å². The molecule has 0 unspecified atom stereocenters. The molecular weight excluding hydrogens is 402 g/mol. The van der Waals surface area contributed by atoms with Crippen LogP contribution in [0.15, 0.2) is 60.8 Å². The van der Waals surface area contributed by atoms with Crippen LogP contribution in [0.4, 0.5) is 11.5 Å². The van der Waals surface area contributed by atoms with Crippen LogP contribution < -0.4 is 15.0 Å². The van der Waals surface area contributed by atoms with E-state index in [1.807, 2.05) is 49.4 Å². The summed E-state index contributed by atoms with van der Waals surface area (Å²) in [5.74, 6) is 0.591. The largest absolute Gasteiger partial charge is 0.489 e. The van der Waals surface area contributed by atoms with Crippen LogP contribution in [0, 0.1) is 0 Å². The standard InChI is InChI=1S/C23H22ClN3O3/c1-15(17-4-6-18(7-5-17)23(28)29)26-22-21-20(10-11-25-22)30-13-12-27(21)14-16-2-8-19(24)9-3-16/h2-11,15H,12-14H2,1H3,(H,25,26)(H,28,29)/t15-/m0/s1. The monoisotopic (exact) mass is 423 g/mol. The summed E-state index contributed by atoms with van der Waals surface area (Å²) in [5, 5.41) is 13.3. The van der Waals surface area contributed by atoms with Gasteiger partial charge in [-0.3, -0.25) is 0 Å². The number of anilines is 2. The number of aromatic carboxylic acids is 1. The van der Waals surface area contributed by atoms with Crippen LogP contribution in [-0.4, -0.2) is 29.2 Å². The smallest absolute Gasteiger partial charge is 0.335 e. The molecule has 0 saturated heterocycles. The summed E-state index contributed by atoms with van der Waals surface area (Å²) in [6, 6.07) is 16.5. The van der Waals surface area contributed by atoms with Gasteiger partial charge in [-0.2, -0.15) is 0 Å². The number of rotatable bonds is 6. The van der Waals surface area contributed by atoms with Crippen molar-refractivity contribution >= 4 is 29.1 Å². The van der Waals surface area contributed by atoms with Gasteiger partial charge in [-0.05, 0) is 42.3 Å². The fourth-order valence-electron chi connectivity index (χ4n) is 3.51. The number of carboxylic acids is 1. The Bertz CT molecular complexity index is 1040. The minimum Gasteiger partial charge on any atom is -0.489 e. The fourth-order valence-corrected chi connectivity index (χ4v) is 3.64. The first-order chi connectivity index (χ1) is 14.5. The Kier molecular flexibility index (Phi) is 5.77. The molecule has 2 N–H and O–H groups in total. The van der Waals surface area contributed by atoms with Crippen LogP contribution in [0.1, 0.15) is 34.5 Å². The maximum Gasteiger partial charge on any atom is 0.335 e. The summed E-state index contributed by atoms with van der Waals surface area (Å²) < 4.78 is 5.87. The average molecular weight is 424 g/mol. The molecule has 1 atom stereocenters. The first-order valence-electron chi connectivity index (χ1n) is 9.72. The zero-order chi connectivity index (χ0) is 21.1. The number of carbonyl (C=O) groups is 1. The summed E-state index contributed by atoms with van der Waals surface area (Å²) in [6.07, 6.45) is 1.73. The van der Waals surface area contributed by atoms with Crippen molar-refractivity contribution in [3.63, 3.8) is 0 Å². The lowest BCUT2D eigenvalue weighted by molar-refractivity contribution is 0.0697. The van der Waals surface area contributed by atoms with E-state index >= 15 is 0 Å². The van der Waals surface area contributed by atoms with E-state index in [2.05, 4.69) is 15.2 Å². The maximum absolute atomic E-state index is 11.1. The SMILES string of the molecule is C[C@H](Nc1nccc2c1N(Cc1ccc(Cl)cc1)CCO2)c1ccc(C(=O)O)cc1. The van der Waals surface area contributed by atoms with Crippen LogP contribution >= 0.6 is 11.6 Å². The van der Waals surface area contributed by atoms with Crippen molar-refractivity contribution in [2.75, 3.05) is 23.4 Å². The molecule has 0 spiro atoms. The predicted octanol–water partition coefficient (Wildman–Crippen LogP) is 5.01. The second-order valence-corrected chi connectivity index (χ2v) is 7.63. The van der Waals surface area contributed by atoms with E-state index < -0.39 is 5.97 Å². The van der Waals surface area contributed by atoms with E-state index in [9.17, 15) is 4.79 Å². The Hall–Kier alpha value is -3.25. The maximum atomic E-state index is 11.1. The number of hydrogen-bond acceptors (Lipinski definition) is 5. The molecule has 0 aliphatic carbocycles. The first kappa shape index (κ1) is 20.0. The molecule has 1 aliphatic heterocycles. The Balaban J connectivity index is 1.58. The minimum atomic E-state index is -0.934. The van der Waals surface area contributed by atoms with E-state index in [1.54, 1.807) is 18.3 Å². The summed E-state index contributed by atoms with van der Waals surface area (Å²) in [6.45, 7) is 4.09. The van der Waals surface area contributed by atoms with Gasteiger partial charge < -0.3 is 20.1 Å². The van der Waals surface area contributed by atoms with Gasteiger partial charge in [0.2, 0.25) is 0 Å². The van der Waals surface area contributed by atoms with Gasteiger partial charge in [0.25, 0.3) is 0 Å². The molecule has 4 rings (SSSR count). The quantitative estimate of drug-likeness (QED) is 0.580. The predicted molar refractivity (Wildman–Crippen MR) is 118 cm³/mol.